The molecule has 0 aliphatic carbocycles. The van der Waals surface area contributed by atoms with Gasteiger partial charge >= 0.3 is 10.3 Å². The molecule has 140 valence electrons. The van der Waals surface area contributed by atoms with Gasteiger partial charge in [0.25, 0.3) is 5.91 Å². The largest absolute Gasteiger partial charge is 0.451 e. The van der Waals surface area contributed by atoms with Crippen molar-refractivity contribution in [3.8, 4) is 17.1 Å². The van der Waals surface area contributed by atoms with Crippen molar-refractivity contribution in [2.45, 2.75) is 6.92 Å². The maximum absolute atomic E-state index is 12.7. The van der Waals surface area contributed by atoms with Crippen molar-refractivity contribution >= 4 is 21.9 Å². The number of anilines is 1. The minimum Gasteiger partial charge on any atom is -0.451 e. The lowest BCUT2D eigenvalue weighted by Crippen LogP contribution is -2.26. The van der Waals surface area contributed by atoms with Crippen molar-refractivity contribution in [2.24, 2.45) is 5.14 Å². The molecule has 1 aromatic heterocycles. The summed E-state index contributed by atoms with van der Waals surface area (Å²) in [6.45, 7) is 1.92. The SMILES string of the molecule is Cc1ccccc1N(C)C(=O)c1ccc(-c2cccc(OS(N)(=O)=O)c2)o1. The average molecular weight is 386 g/mol. The third kappa shape index (κ3) is 4.36. The summed E-state index contributed by atoms with van der Waals surface area (Å²) < 4.78 is 32.5. The molecule has 3 aromatic rings. The summed E-state index contributed by atoms with van der Waals surface area (Å²) in [6.07, 6.45) is 0. The predicted octanol–water partition coefficient (Wildman–Crippen LogP) is 3.11. The van der Waals surface area contributed by atoms with E-state index in [1.165, 1.54) is 17.0 Å². The van der Waals surface area contributed by atoms with Gasteiger partial charge in [0.15, 0.2) is 5.76 Å². The Hall–Kier alpha value is -3.10. The molecule has 0 fully saturated rings. The lowest BCUT2D eigenvalue weighted by atomic mass is 10.1. The van der Waals surface area contributed by atoms with E-state index in [1.54, 1.807) is 31.3 Å². The lowest BCUT2D eigenvalue weighted by molar-refractivity contribution is 0.0967. The summed E-state index contributed by atoms with van der Waals surface area (Å²) in [7, 11) is -2.45. The number of furan rings is 1. The molecule has 0 spiro atoms. The number of aryl methyl sites for hydroxylation is 1. The fourth-order valence-electron chi connectivity index (χ4n) is 2.66. The Bertz CT molecular complexity index is 1090. The number of nitrogens with two attached hydrogens (primary N) is 1. The van der Waals surface area contributed by atoms with Gasteiger partial charge in [0.05, 0.1) is 0 Å². The van der Waals surface area contributed by atoms with Crippen LogP contribution in [0.2, 0.25) is 0 Å². The molecular formula is C19H18N2O5S. The smallest absolute Gasteiger partial charge is 0.380 e. The number of amides is 1. The molecule has 0 bridgehead atoms. The number of hydrogen-bond donors (Lipinski definition) is 1. The second kappa shape index (κ2) is 7.26. The summed E-state index contributed by atoms with van der Waals surface area (Å²) in [5.74, 6) is 0.314. The second-order valence-electron chi connectivity index (χ2n) is 5.92. The number of para-hydroxylation sites is 1. The molecule has 0 atom stereocenters. The fraction of sp³-hybridized carbons (Fsp3) is 0.105. The number of carbonyl (C=O) groups is 1. The Kier molecular flexibility index (Phi) is 5.02. The van der Waals surface area contributed by atoms with E-state index in [9.17, 15) is 13.2 Å². The molecular weight excluding hydrogens is 368 g/mol. The van der Waals surface area contributed by atoms with Gasteiger partial charge in [0.1, 0.15) is 11.5 Å². The van der Waals surface area contributed by atoms with Crippen molar-refractivity contribution < 1.29 is 21.8 Å². The summed E-state index contributed by atoms with van der Waals surface area (Å²) in [5.41, 5.74) is 2.30. The molecule has 2 N–H and O–H groups in total. The van der Waals surface area contributed by atoms with Crippen LogP contribution in [0.25, 0.3) is 11.3 Å². The zero-order valence-electron chi connectivity index (χ0n) is 14.7. The normalized spacial score (nSPS) is 11.2. The van der Waals surface area contributed by atoms with E-state index >= 15 is 0 Å². The van der Waals surface area contributed by atoms with Crippen LogP contribution >= 0.6 is 0 Å². The standard InChI is InChI=1S/C19H18N2O5S/c1-13-6-3-4-9-16(13)21(2)19(22)18-11-10-17(25-18)14-7-5-8-15(12-14)26-27(20,23)24/h3-12H,1-2H3,(H2,20,23,24). The van der Waals surface area contributed by atoms with Crippen molar-refractivity contribution in [1.82, 2.24) is 0 Å². The molecule has 7 nitrogen and oxygen atoms in total. The highest BCUT2D eigenvalue weighted by molar-refractivity contribution is 7.84. The number of benzene rings is 2. The van der Waals surface area contributed by atoms with Gasteiger partial charge in [0, 0.05) is 18.3 Å². The Morgan fingerprint density at radius 2 is 1.81 bits per heavy atom. The van der Waals surface area contributed by atoms with Gasteiger partial charge in [-0.25, -0.2) is 0 Å². The van der Waals surface area contributed by atoms with Crippen molar-refractivity contribution in [1.29, 1.82) is 0 Å². The second-order valence-corrected chi connectivity index (χ2v) is 7.07. The Morgan fingerprint density at radius 3 is 2.52 bits per heavy atom. The van der Waals surface area contributed by atoms with Crippen LogP contribution in [0.4, 0.5) is 5.69 Å². The van der Waals surface area contributed by atoms with Crippen LogP contribution in [-0.4, -0.2) is 21.4 Å². The first-order chi connectivity index (χ1) is 12.7. The van der Waals surface area contributed by atoms with Gasteiger partial charge in [-0.2, -0.15) is 13.6 Å². The molecule has 2 aromatic carbocycles. The zero-order valence-corrected chi connectivity index (χ0v) is 15.6. The highest BCUT2D eigenvalue weighted by atomic mass is 32.2. The van der Waals surface area contributed by atoms with E-state index in [4.69, 9.17) is 9.56 Å². The first kappa shape index (κ1) is 18.7. The van der Waals surface area contributed by atoms with E-state index < -0.39 is 10.3 Å². The predicted molar refractivity (Wildman–Crippen MR) is 102 cm³/mol. The van der Waals surface area contributed by atoms with Crippen molar-refractivity contribution in [3.05, 3.63) is 72.0 Å². The monoisotopic (exact) mass is 386 g/mol. The van der Waals surface area contributed by atoms with Crippen molar-refractivity contribution in [2.75, 3.05) is 11.9 Å². The minimum absolute atomic E-state index is 0.0521. The van der Waals surface area contributed by atoms with E-state index in [1.807, 2.05) is 31.2 Å². The number of rotatable bonds is 5. The van der Waals surface area contributed by atoms with Gasteiger partial charge in [-0.05, 0) is 42.8 Å². The first-order valence-corrected chi connectivity index (χ1v) is 9.48. The molecule has 27 heavy (non-hydrogen) atoms. The molecule has 0 aliphatic rings. The number of nitrogens with zero attached hydrogens (tertiary/aromatic N) is 1. The van der Waals surface area contributed by atoms with Crippen LogP contribution < -0.4 is 14.2 Å². The minimum atomic E-state index is -4.12. The van der Waals surface area contributed by atoms with Gasteiger partial charge in [-0.3, -0.25) is 4.79 Å². The summed E-state index contributed by atoms with van der Waals surface area (Å²) in [6, 6.07) is 16.9. The molecule has 1 amide bonds. The average Bonchev–Trinajstić information content (AvgIpc) is 3.10. The van der Waals surface area contributed by atoms with Crippen LogP contribution in [0.1, 0.15) is 16.1 Å². The van der Waals surface area contributed by atoms with Crippen molar-refractivity contribution in [3.63, 3.8) is 0 Å². The highest BCUT2D eigenvalue weighted by Gasteiger charge is 2.19. The van der Waals surface area contributed by atoms with Gasteiger partial charge in [-0.15, -0.1) is 0 Å². The van der Waals surface area contributed by atoms with E-state index in [0.29, 0.717) is 11.3 Å². The van der Waals surface area contributed by atoms with Crippen LogP contribution in [0.5, 0.6) is 5.75 Å². The molecule has 8 heteroatoms. The van der Waals surface area contributed by atoms with Gasteiger partial charge in [0.2, 0.25) is 0 Å². The van der Waals surface area contributed by atoms with E-state index in [0.717, 1.165) is 11.3 Å². The molecule has 0 aliphatic heterocycles. The maximum atomic E-state index is 12.7. The van der Waals surface area contributed by atoms with Crippen LogP contribution in [0, 0.1) is 6.92 Å². The Labute approximate surface area is 157 Å². The van der Waals surface area contributed by atoms with E-state index in [-0.39, 0.29) is 17.4 Å². The topological polar surface area (TPSA) is 103 Å². The molecule has 3 rings (SSSR count). The maximum Gasteiger partial charge on any atom is 0.380 e. The van der Waals surface area contributed by atoms with Crippen LogP contribution in [0.15, 0.2) is 65.1 Å². The third-order valence-electron chi connectivity index (χ3n) is 3.93. The summed E-state index contributed by atoms with van der Waals surface area (Å²) in [4.78, 5) is 14.2. The fourth-order valence-corrected chi connectivity index (χ4v) is 3.03. The summed E-state index contributed by atoms with van der Waals surface area (Å²) >= 11 is 0. The number of hydrogen-bond acceptors (Lipinski definition) is 5. The third-order valence-corrected chi connectivity index (χ3v) is 4.35. The number of carbonyl (C=O) groups excluding carboxylic acids is 1. The van der Waals surface area contributed by atoms with Crippen LogP contribution in [-0.2, 0) is 10.3 Å². The quantitative estimate of drug-likeness (QED) is 0.726. The van der Waals surface area contributed by atoms with Gasteiger partial charge in [-0.1, -0.05) is 30.3 Å². The molecule has 1 heterocycles. The lowest BCUT2D eigenvalue weighted by Gasteiger charge is -2.18. The molecule has 0 saturated heterocycles. The Balaban J connectivity index is 1.86. The highest BCUT2D eigenvalue weighted by Crippen LogP contribution is 2.27. The molecule has 0 unspecified atom stereocenters. The first-order valence-electron chi connectivity index (χ1n) is 8.01. The zero-order chi connectivity index (χ0) is 19.6. The van der Waals surface area contributed by atoms with E-state index in [2.05, 4.69) is 4.18 Å². The van der Waals surface area contributed by atoms with Crippen LogP contribution in [0.3, 0.4) is 0 Å². The Morgan fingerprint density at radius 1 is 1.07 bits per heavy atom. The summed E-state index contributed by atoms with van der Waals surface area (Å²) in [5, 5.41) is 4.88. The van der Waals surface area contributed by atoms with Gasteiger partial charge < -0.3 is 13.5 Å². The molecule has 0 radical (unpaired) electrons. The molecule has 0 saturated carbocycles.